The van der Waals surface area contributed by atoms with Crippen LogP contribution in [0.5, 0.6) is 0 Å². The third-order valence-corrected chi connectivity index (χ3v) is 4.61. The molecule has 20 heavy (non-hydrogen) atoms. The molecule has 2 heterocycles. The molecule has 0 atom stereocenters. The molecule has 1 aliphatic heterocycles. The first-order valence-electron chi connectivity index (χ1n) is 6.68. The first kappa shape index (κ1) is 15.0. The summed E-state index contributed by atoms with van der Waals surface area (Å²) in [5.41, 5.74) is 0.992. The molecule has 1 N–H and O–H groups in total. The molecule has 2 rings (SSSR count). The van der Waals surface area contributed by atoms with Crippen LogP contribution >= 0.6 is 11.3 Å². The summed E-state index contributed by atoms with van der Waals surface area (Å²) < 4.78 is 5.32. The van der Waals surface area contributed by atoms with Crippen LogP contribution in [0.4, 0.5) is 0 Å². The van der Waals surface area contributed by atoms with E-state index in [-0.39, 0.29) is 18.6 Å². The molecule has 4 nitrogen and oxygen atoms in total. The van der Waals surface area contributed by atoms with E-state index in [2.05, 4.69) is 11.8 Å². The lowest BCUT2D eigenvalue weighted by molar-refractivity contribution is 0.0353. The molecule has 5 heteroatoms. The van der Waals surface area contributed by atoms with Crippen LogP contribution in [-0.2, 0) is 4.74 Å². The minimum atomic E-state index is -0.162. The molecule has 0 saturated carbocycles. The van der Waals surface area contributed by atoms with Crippen LogP contribution < -0.4 is 0 Å². The second-order valence-electron chi connectivity index (χ2n) is 4.81. The minimum Gasteiger partial charge on any atom is -0.384 e. The SMILES string of the molecule is COC1CCN(C(=O)c2cc(C)c(C#CCO)s2)CC1. The first-order valence-corrected chi connectivity index (χ1v) is 7.49. The van der Waals surface area contributed by atoms with Gasteiger partial charge >= 0.3 is 0 Å². The Labute approximate surface area is 123 Å². The fourth-order valence-electron chi connectivity index (χ4n) is 2.28. The third-order valence-electron chi connectivity index (χ3n) is 3.47. The number of hydrogen-bond donors (Lipinski definition) is 1. The molecule has 1 saturated heterocycles. The quantitative estimate of drug-likeness (QED) is 0.844. The molecule has 1 amide bonds. The van der Waals surface area contributed by atoms with Gasteiger partial charge in [-0.1, -0.05) is 11.8 Å². The normalized spacial score (nSPS) is 15.8. The number of methoxy groups -OCH3 is 1. The standard InChI is InChI=1S/C15H19NO3S/c1-11-10-14(20-13(11)4-3-9-17)15(18)16-7-5-12(19-2)6-8-16/h10,12,17H,5-9H2,1-2H3. The fourth-order valence-corrected chi connectivity index (χ4v) is 3.30. The van der Waals surface area contributed by atoms with Crippen molar-refractivity contribution in [3.8, 4) is 11.8 Å². The van der Waals surface area contributed by atoms with Gasteiger partial charge in [0.25, 0.3) is 5.91 Å². The van der Waals surface area contributed by atoms with E-state index < -0.39 is 0 Å². The summed E-state index contributed by atoms with van der Waals surface area (Å²) in [7, 11) is 1.72. The highest BCUT2D eigenvalue weighted by molar-refractivity contribution is 7.14. The van der Waals surface area contributed by atoms with Gasteiger partial charge in [-0.25, -0.2) is 0 Å². The van der Waals surface area contributed by atoms with Crippen LogP contribution in [0.2, 0.25) is 0 Å². The van der Waals surface area contributed by atoms with Crippen molar-refractivity contribution in [3.05, 3.63) is 21.4 Å². The zero-order chi connectivity index (χ0) is 14.5. The van der Waals surface area contributed by atoms with Crippen molar-refractivity contribution >= 4 is 17.2 Å². The lowest BCUT2D eigenvalue weighted by Gasteiger charge is -2.30. The van der Waals surface area contributed by atoms with Crippen molar-refractivity contribution in [1.29, 1.82) is 0 Å². The average molecular weight is 293 g/mol. The van der Waals surface area contributed by atoms with Crippen molar-refractivity contribution in [1.82, 2.24) is 4.90 Å². The third kappa shape index (κ3) is 3.40. The van der Waals surface area contributed by atoms with E-state index in [4.69, 9.17) is 9.84 Å². The summed E-state index contributed by atoms with van der Waals surface area (Å²) in [5.74, 6) is 5.58. The summed E-state index contributed by atoms with van der Waals surface area (Å²) in [6.45, 7) is 3.26. The molecule has 1 aromatic heterocycles. The molecule has 0 aliphatic carbocycles. The average Bonchev–Trinajstić information content (AvgIpc) is 2.85. The van der Waals surface area contributed by atoms with E-state index in [9.17, 15) is 4.79 Å². The summed E-state index contributed by atoms with van der Waals surface area (Å²) in [6, 6.07) is 1.89. The molecule has 0 bridgehead atoms. The molecule has 0 aromatic carbocycles. The number of hydrogen-bond acceptors (Lipinski definition) is 4. The van der Waals surface area contributed by atoms with E-state index in [0.717, 1.165) is 41.2 Å². The smallest absolute Gasteiger partial charge is 0.263 e. The van der Waals surface area contributed by atoms with Crippen LogP contribution in [-0.4, -0.2) is 48.8 Å². The van der Waals surface area contributed by atoms with Gasteiger partial charge in [0.15, 0.2) is 0 Å². The van der Waals surface area contributed by atoms with Crippen LogP contribution in [0, 0.1) is 18.8 Å². The van der Waals surface area contributed by atoms with Crippen LogP contribution in [0.25, 0.3) is 0 Å². The monoisotopic (exact) mass is 293 g/mol. The van der Waals surface area contributed by atoms with Crippen molar-refractivity contribution in [2.45, 2.75) is 25.9 Å². The number of aliphatic hydroxyl groups is 1. The highest BCUT2D eigenvalue weighted by Gasteiger charge is 2.24. The van der Waals surface area contributed by atoms with E-state index in [1.165, 1.54) is 11.3 Å². The van der Waals surface area contributed by atoms with E-state index >= 15 is 0 Å². The predicted molar refractivity (Wildman–Crippen MR) is 79.0 cm³/mol. The Balaban J connectivity index is 2.06. The van der Waals surface area contributed by atoms with Gasteiger partial charge in [-0.05, 0) is 31.4 Å². The number of ether oxygens (including phenoxy) is 1. The van der Waals surface area contributed by atoms with Crippen LogP contribution in [0.1, 0.15) is 33.0 Å². The number of carbonyl (C=O) groups excluding carboxylic acids is 1. The van der Waals surface area contributed by atoms with Crippen molar-refractivity contribution in [2.75, 3.05) is 26.8 Å². The number of amides is 1. The number of nitrogens with zero attached hydrogens (tertiary/aromatic N) is 1. The number of carbonyl (C=O) groups is 1. The van der Waals surface area contributed by atoms with Gasteiger partial charge in [-0.15, -0.1) is 11.3 Å². The second kappa shape index (κ2) is 6.89. The molecule has 0 radical (unpaired) electrons. The zero-order valence-electron chi connectivity index (χ0n) is 11.8. The highest BCUT2D eigenvalue weighted by Crippen LogP contribution is 2.24. The molecule has 108 valence electrons. The van der Waals surface area contributed by atoms with Gasteiger partial charge < -0.3 is 14.7 Å². The lowest BCUT2D eigenvalue weighted by Crippen LogP contribution is -2.40. The van der Waals surface area contributed by atoms with Gasteiger partial charge in [0.2, 0.25) is 0 Å². The van der Waals surface area contributed by atoms with Gasteiger partial charge in [-0.2, -0.15) is 0 Å². The molecule has 1 aliphatic rings. The first-order chi connectivity index (χ1) is 9.65. The Hall–Kier alpha value is -1.35. The number of likely N-dealkylation sites (tertiary alicyclic amines) is 1. The number of rotatable bonds is 2. The Morgan fingerprint density at radius 1 is 1.55 bits per heavy atom. The van der Waals surface area contributed by atoms with Crippen molar-refractivity contribution in [3.63, 3.8) is 0 Å². The summed E-state index contributed by atoms with van der Waals surface area (Å²) >= 11 is 1.40. The molecular weight excluding hydrogens is 274 g/mol. The summed E-state index contributed by atoms with van der Waals surface area (Å²) in [5, 5.41) is 8.73. The molecule has 1 aromatic rings. The lowest BCUT2D eigenvalue weighted by atomic mass is 10.1. The van der Waals surface area contributed by atoms with E-state index in [1.807, 2.05) is 17.9 Å². The maximum absolute atomic E-state index is 12.4. The number of aryl methyl sites for hydroxylation is 1. The second-order valence-corrected chi connectivity index (χ2v) is 5.86. The number of thiophene rings is 1. The Kier molecular flexibility index (Phi) is 5.18. The number of aliphatic hydroxyl groups excluding tert-OH is 1. The van der Waals surface area contributed by atoms with Gasteiger partial charge in [-0.3, -0.25) is 4.79 Å². The molecular formula is C15H19NO3S. The van der Waals surface area contributed by atoms with Crippen LogP contribution in [0.15, 0.2) is 6.07 Å². The largest absolute Gasteiger partial charge is 0.384 e. The Morgan fingerprint density at radius 2 is 2.25 bits per heavy atom. The van der Waals surface area contributed by atoms with Gasteiger partial charge in [0.1, 0.15) is 6.61 Å². The zero-order valence-corrected chi connectivity index (χ0v) is 12.6. The van der Waals surface area contributed by atoms with E-state index in [1.54, 1.807) is 7.11 Å². The highest BCUT2D eigenvalue weighted by atomic mass is 32.1. The minimum absolute atomic E-state index is 0.0738. The number of piperidine rings is 1. The molecule has 0 spiro atoms. The molecule has 0 unspecified atom stereocenters. The fraction of sp³-hybridized carbons (Fsp3) is 0.533. The summed E-state index contributed by atoms with van der Waals surface area (Å²) in [4.78, 5) is 15.9. The maximum atomic E-state index is 12.4. The summed E-state index contributed by atoms with van der Waals surface area (Å²) in [6.07, 6.45) is 2.06. The Morgan fingerprint density at radius 3 is 2.85 bits per heavy atom. The maximum Gasteiger partial charge on any atom is 0.263 e. The van der Waals surface area contributed by atoms with Crippen LogP contribution in [0.3, 0.4) is 0 Å². The molecule has 1 fully saturated rings. The van der Waals surface area contributed by atoms with E-state index in [0.29, 0.717) is 0 Å². The van der Waals surface area contributed by atoms with Crippen molar-refractivity contribution < 1.29 is 14.6 Å². The Bertz CT molecular complexity index is 533. The van der Waals surface area contributed by atoms with Gasteiger partial charge in [0.05, 0.1) is 15.9 Å². The van der Waals surface area contributed by atoms with Gasteiger partial charge in [0, 0.05) is 20.2 Å². The topological polar surface area (TPSA) is 49.8 Å². The van der Waals surface area contributed by atoms with Crippen molar-refractivity contribution in [2.24, 2.45) is 0 Å². The predicted octanol–water partition coefficient (Wildman–Crippen LogP) is 1.65.